The highest BCUT2D eigenvalue weighted by atomic mass is 15.0. The van der Waals surface area contributed by atoms with Crippen LogP contribution >= 0.6 is 0 Å². The van der Waals surface area contributed by atoms with E-state index in [-0.39, 0.29) is 0 Å². The summed E-state index contributed by atoms with van der Waals surface area (Å²) >= 11 is 0. The SMILES string of the molecule is CCC1CCc2[nH]c(-c3cnccc3N)nc21. The average Bonchev–Trinajstić information content (AvgIpc) is 2.88. The number of aromatic nitrogens is 3. The summed E-state index contributed by atoms with van der Waals surface area (Å²) in [7, 11) is 0. The van der Waals surface area contributed by atoms with Crippen LogP contribution in [-0.4, -0.2) is 15.0 Å². The van der Waals surface area contributed by atoms with Crippen LogP contribution in [0.25, 0.3) is 11.4 Å². The fourth-order valence-corrected chi connectivity index (χ4v) is 2.53. The smallest absolute Gasteiger partial charge is 0.141 e. The van der Waals surface area contributed by atoms with Gasteiger partial charge in [-0.05, 0) is 25.3 Å². The lowest BCUT2D eigenvalue weighted by molar-refractivity contribution is 0.641. The van der Waals surface area contributed by atoms with Gasteiger partial charge in [0, 0.05) is 29.7 Å². The van der Waals surface area contributed by atoms with Crippen molar-refractivity contribution in [1.82, 2.24) is 15.0 Å². The van der Waals surface area contributed by atoms with Crippen molar-refractivity contribution in [2.45, 2.75) is 32.1 Å². The summed E-state index contributed by atoms with van der Waals surface area (Å²) in [5, 5.41) is 0. The highest BCUT2D eigenvalue weighted by Crippen LogP contribution is 2.35. The highest BCUT2D eigenvalue weighted by molar-refractivity contribution is 5.70. The molecule has 4 nitrogen and oxygen atoms in total. The Labute approximate surface area is 100 Å². The number of pyridine rings is 1. The Morgan fingerprint density at radius 3 is 3.18 bits per heavy atom. The third-order valence-electron chi connectivity index (χ3n) is 3.54. The molecule has 0 amide bonds. The van der Waals surface area contributed by atoms with Crippen LogP contribution < -0.4 is 5.73 Å². The second-order valence-corrected chi connectivity index (χ2v) is 4.56. The number of aryl methyl sites for hydroxylation is 1. The minimum atomic E-state index is 0.605. The van der Waals surface area contributed by atoms with Crippen LogP contribution in [0.4, 0.5) is 5.69 Å². The van der Waals surface area contributed by atoms with Gasteiger partial charge in [0.25, 0.3) is 0 Å². The monoisotopic (exact) mass is 228 g/mol. The molecule has 3 N–H and O–H groups in total. The van der Waals surface area contributed by atoms with Gasteiger partial charge in [-0.2, -0.15) is 0 Å². The van der Waals surface area contributed by atoms with Crippen molar-refractivity contribution < 1.29 is 0 Å². The van der Waals surface area contributed by atoms with Crippen LogP contribution in [0.5, 0.6) is 0 Å². The van der Waals surface area contributed by atoms with Gasteiger partial charge in [0.05, 0.1) is 11.3 Å². The van der Waals surface area contributed by atoms with Gasteiger partial charge < -0.3 is 10.7 Å². The van der Waals surface area contributed by atoms with Crippen molar-refractivity contribution in [3.63, 3.8) is 0 Å². The van der Waals surface area contributed by atoms with E-state index in [1.807, 2.05) is 0 Å². The van der Waals surface area contributed by atoms with Gasteiger partial charge in [0.1, 0.15) is 5.82 Å². The first-order valence-corrected chi connectivity index (χ1v) is 6.08. The number of fused-ring (bicyclic) bond motifs is 1. The summed E-state index contributed by atoms with van der Waals surface area (Å²) in [4.78, 5) is 12.2. The fourth-order valence-electron chi connectivity index (χ4n) is 2.53. The Morgan fingerprint density at radius 2 is 2.41 bits per heavy atom. The predicted octanol–water partition coefficient (Wildman–Crippen LogP) is 2.49. The predicted molar refractivity (Wildman–Crippen MR) is 67.6 cm³/mol. The second-order valence-electron chi connectivity index (χ2n) is 4.56. The Hall–Kier alpha value is -1.84. The normalized spacial score (nSPS) is 18.3. The molecule has 1 aliphatic carbocycles. The third kappa shape index (κ3) is 1.60. The van der Waals surface area contributed by atoms with E-state index in [4.69, 9.17) is 10.7 Å². The first-order valence-electron chi connectivity index (χ1n) is 6.08. The molecule has 0 saturated carbocycles. The van der Waals surface area contributed by atoms with Crippen LogP contribution in [0, 0.1) is 0 Å². The van der Waals surface area contributed by atoms with Gasteiger partial charge >= 0.3 is 0 Å². The van der Waals surface area contributed by atoms with E-state index in [0.29, 0.717) is 5.92 Å². The second kappa shape index (κ2) is 3.87. The summed E-state index contributed by atoms with van der Waals surface area (Å²) in [6.07, 6.45) is 6.93. The zero-order chi connectivity index (χ0) is 11.8. The van der Waals surface area contributed by atoms with Crippen LogP contribution in [0.1, 0.15) is 37.1 Å². The number of anilines is 1. The quantitative estimate of drug-likeness (QED) is 0.829. The van der Waals surface area contributed by atoms with Crippen molar-refractivity contribution in [3.05, 3.63) is 29.8 Å². The van der Waals surface area contributed by atoms with Crippen molar-refractivity contribution in [2.75, 3.05) is 5.73 Å². The highest BCUT2D eigenvalue weighted by Gasteiger charge is 2.25. The van der Waals surface area contributed by atoms with Crippen molar-refractivity contribution in [2.24, 2.45) is 0 Å². The number of nitrogens with zero attached hydrogens (tertiary/aromatic N) is 2. The first-order chi connectivity index (χ1) is 8.29. The first kappa shape index (κ1) is 10.3. The molecule has 0 radical (unpaired) electrons. The van der Waals surface area contributed by atoms with E-state index < -0.39 is 0 Å². The van der Waals surface area contributed by atoms with E-state index in [1.165, 1.54) is 17.8 Å². The molecule has 3 rings (SSSR count). The van der Waals surface area contributed by atoms with Crippen molar-refractivity contribution in [3.8, 4) is 11.4 Å². The lowest BCUT2D eigenvalue weighted by Gasteiger charge is -2.04. The topological polar surface area (TPSA) is 67.6 Å². The summed E-state index contributed by atoms with van der Waals surface area (Å²) in [5.41, 5.74) is 10.1. The van der Waals surface area contributed by atoms with Gasteiger partial charge in [0.2, 0.25) is 0 Å². The number of aromatic amines is 1. The number of hydrogen-bond donors (Lipinski definition) is 2. The Balaban J connectivity index is 2.04. The van der Waals surface area contributed by atoms with Gasteiger partial charge in [-0.15, -0.1) is 0 Å². The number of imidazole rings is 1. The summed E-state index contributed by atoms with van der Waals surface area (Å²) in [6, 6.07) is 1.81. The molecule has 1 aliphatic rings. The number of H-pyrrole nitrogens is 1. The number of nitrogens with two attached hydrogens (primary N) is 1. The maximum atomic E-state index is 5.94. The maximum absolute atomic E-state index is 5.94. The molecule has 0 saturated heterocycles. The molecule has 0 aromatic carbocycles. The van der Waals surface area contributed by atoms with Crippen LogP contribution in [0.3, 0.4) is 0 Å². The van der Waals surface area contributed by atoms with Gasteiger partial charge in [-0.25, -0.2) is 4.98 Å². The summed E-state index contributed by atoms with van der Waals surface area (Å²) in [5.74, 6) is 1.46. The molecule has 0 bridgehead atoms. The van der Waals surface area contributed by atoms with Gasteiger partial charge in [-0.3, -0.25) is 4.98 Å². The lowest BCUT2D eigenvalue weighted by Crippen LogP contribution is -1.95. The molecular formula is C13H16N4. The third-order valence-corrected chi connectivity index (χ3v) is 3.54. The Bertz CT molecular complexity index is 544. The molecule has 17 heavy (non-hydrogen) atoms. The standard InChI is InChI=1S/C13H16N4/c1-2-8-3-4-11-12(8)17-13(16-11)9-7-15-6-5-10(9)14/h5-8H,2-4H2,1H3,(H2,14,15)(H,16,17). The molecule has 88 valence electrons. The van der Waals surface area contributed by atoms with E-state index in [1.54, 1.807) is 18.5 Å². The summed E-state index contributed by atoms with van der Waals surface area (Å²) < 4.78 is 0. The van der Waals surface area contributed by atoms with Crippen molar-refractivity contribution in [1.29, 1.82) is 0 Å². The molecule has 2 aromatic rings. The number of nitrogen functional groups attached to an aromatic ring is 1. The zero-order valence-electron chi connectivity index (χ0n) is 9.90. The minimum Gasteiger partial charge on any atom is -0.398 e. The molecule has 0 fully saturated rings. The van der Waals surface area contributed by atoms with Gasteiger partial charge in [0.15, 0.2) is 0 Å². The molecule has 1 unspecified atom stereocenters. The number of nitrogens with one attached hydrogen (secondary N) is 1. The molecule has 1 atom stereocenters. The van der Waals surface area contributed by atoms with Crippen LogP contribution in [-0.2, 0) is 6.42 Å². The largest absolute Gasteiger partial charge is 0.398 e. The summed E-state index contributed by atoms with van der Waals surface area (Å²) in [6.45, 7) is 2.21. The van der Waals surface area contributed by atoms with E-state index in [0.717, 1.165) is 29.9 Å². The molecule has 2 heterocycles. The Morgan fingerprint density at radius 1 is 1.53 bits per heavy atom. The Kier molecular flexibility index (Phi) is 2.35. The number of hydrogen-bond acceptors (Lipinski definition) is 3. The van der Waals surface area contributed by atoms with Gasteiger partial charge in [-0.1, -0.05) is 6.92 Å². The zero-order valence-corrected chi connectivity index (χ0v) is 9.90. The van der Waals surface area contributed by atoms with Crippen LogP contribution in [0.15, 0.2) is 18.5 Å². The number of rotatable bonds is 2. The van der Waals surface area contributed by atoms with E-state index in [9.17, 15) is 0 Å². The molecule has 4 heteroatoms. The molecule has 0 aliphatic heterocycles. The van der Waals surface area contributed by atoms with E-state index >= 15 is 0 Å². The molecular weight excluding hydrogens is 212 g/mol. The lowest BCUT2D eigenvalue weighted by atomic mass is 10.1. The maximum Gasteiger partial charge on any atom is 0.141 e. The minimum absolute atomic E-state index is 0.605. The molecule has 2 aromatic heterocycles. The van der Waals surface area contributed by atoms with E-state index in [2.05, 4.69) is 16.9 Å². The van der Waals surface area contributed by atoms with Crippen LogP contribution in [0.2, 0.25) is 0 Å². The fraction of sp³-hybridized carbons (Fsp3) is 0.385. The average molecular weight is 228 g/mol. The molecule has 0 spiro atoms. The van der Waals surface area contributed by atoms with Crippen molar-refractivity contribution >= 4 is 5.69 Å².